The summed E-state index contributed by atoms with van der Waals surface area (Å²) in [5.74, 6) is 0.644. The second-order valence-corrected chi connectivity index (χ2v) is 8.11. The summed E-state index contributed by atoms with van der Waals surface area (Å²) >= 11 is 0. The molecule has 0 heterocycles. The lowest BCUT2D eigenvalue weighted by Crippen LogP contribution is -2.58. The summed E-state index contributed by atoms with van der Waals surface area (Å²) in [6.45, 7) is 9.91. The van der Waals surface area contributed by atoms with Crippen molar-refractivity contribution in [1.29, 1.82) is 0 Å². The molecule has 1 aromatic carbocycles. The zero-order valence-electron chi connectivity index (χ0n) is 17.1. The number of ether oxygens (including phenoxy) is 2. The lowest BCUT2D eigenvalue weighted by Gasteiger charge is -2.31. The maximum atomic E-state index is 13.0. The molecule has 2 amide bonds. The quantitative estimate of drug-likeness (QED) is 0.784. The van der Waals surface area contributed by atoms with Crippen molar-refractivity contribution in [3.05, 3.63) is 29.8 Å². The van der Waals surface area contributed by atoms with Gasteiger partial charge in [0.2, 0.25) is 5.91 Å². The van der Waals surface area contributed by atoms with E-state index in [0.29, 0.717) is 19.4 Å². The number of benzene rings is 1. The first-order valence-corrected chi connectivity index (χ1v) is 9.70. The molecule has 0 spiro atoms. The van der Waals surface area contributed by atoms with Gasteiger partial charge in [-0.25, -0.2) is 4.79 Å². The Morgan fingerprint density at radius 3 is 2.26 bits per heavy atom. The summed E-state index contributed by atoms with van der Waals surface area (Å²) in [6.07, 6.45) is 2.50. The van der Waals surface area contributed by atoms with E-state index in [1.807, 2.05) is 58.9 Å². The Morgan fingerprint density at radius 1 is 1.15 bits per heavy atom. The largest absolute Gasteiger partial charge is 0.494 e. The molecule has 0 aliphatic heterocycles. The normalized spacial score (nSPS) is 17.1. The van der Waals surface area contributed by atoms with Crippen LogP contribution in [0.2, 0.25) is 0 Å². The van der Waals surface area contributed by atoms with Crippen molar-refractivity contribution in [3.8, 4) is 5.75 Å². The molecule has 6 heteroatoms. The fourth-order valence-corrected chi connectivity index (χ4v) is 3.32. The van der Waals surface area contributed by atoms with Crippen molar-refractivity contribution >= 4 is 12.0 Å². The highest BCUT2D eigenvalue weighted by molar-refractivity contribution is 5.90. The number of alkyl carbamates (subject to hydrolysis) is 1. The predicted molar refractivity (Wildman–Crippen MR) is 105 cm³/mol. The molecule has 6 nitrogen and oxygen atoms in total. The molecule has 2 N–H and O–H groups in total. The number of amides is 2. The van der Waals surface area contributed by atoms with E-state index in [4.69, 9.17) is 9.47 Å². The number of rotatable bonds is 6. The second kappa shape index (κ2) is 8.63. The summed E-state index contributed by atoms with van der Waals surface area (Å²) < 4.78 is 10.8. The highest BCUT2D eigenvalue weighted by atomic mass is 16.6. The molecule has 0 aromatic heterocycles. The minimum absolute atomic E-state index is 0.160. The third-order valence-electron chi connectivity index (χ3n) is 4.67. The average molecular weight is 376 g/mol. The Hall–Kier alpha value is -2.24. The van der Waals surface area contributed by atoms with Gasteiger partial charge >= 0.3 is 6.09 Å². The zero-order valence-corrected chi connectivity index (χ0v) is 17.1. The fraction of sp³-hybridized carbons (Fsp3) is 0.619. The van der Waals surface area contributed by atoms with Crippen LogP contribution in [0.4, 0.5) is 4.79 Å². The molecule has 1 unspecified atom stereocenters. The summed E-state index contributed by atoms with van der Waals surface area (Å²) in [5.41, 5.74) is -0.519. The number of hydrogen-bond acceptors (Lipinski definition) is 4. The number of hydrogen-bond donors (Lipinski definition) is 2. The van der Waals surface area contributed by atoms with Crippen LogP contribution in [0.15, 0.2) is 24.3 Å². The van der Waals surface area contributed by atoms with E-state index in [0.717, 1.165) is 24.2 Å². The molecule has 0 radical (unpaired) electrons. The lowest BCUT2D eigenvalue weighted by molar-refractivity contribution is -0.128. The van der Waals surface area contributed by atoms with Gasteiger partial charge in [0.05, 0.1) is 12.6 Å². The minimum Gasteiger partial charge on any atom is -0.494 e. The molecular weight excluding hydrogens is 344 g/mol. The Kier molecular flexibility index (Phi) is 6.73. The Labute approximate surface area is 162 Å². The first-order chi connectivity index (χ1) is 12.6. The van der Waals surface area contributed by atoms with Gasteiger partial charge in [-0.05, 0) is 65.2 Å². The molecule has 2 rings (SSSR count). The van der Waals surface area contributed by atoms with Crippen molar-refractivity contribution in [2.75, 3.05) is 6.61 Å². The summed E-state index contributed by atoms with van der Waals surface area (Å²) in [6, 6.07) is 7.50. The van der Waals surface area contributed by atoms with Crippen LogP contribution in [-0.4, -0.2) is 29.7 Å². The molecule has 1 atom stereocenters. The Balaban J connectivity index is 2.04. The van der Waals surface area contributed by atoms with Crippen LogP contribution in [-0.2, 0) is 9.53 Å². The van der Waals surface area contributed by atoms with Gasteiger partial charge < -0.3 is 20.1 Å². The van der Waals surface area contributed by atoms with E-state index in [-0.39, 0.29) is 11.9 Å². The predicted octanol–water partition coefficient (Wildman–Crippen LogP) is 4.10. The van der Waals surface area contributed by atoms with Gasteiger partial charge in [-0.15, -0.1) is 0 Å². The van der Waals surface area contributed by atoms with Gasteiger partial charge in [-0.1, -0.05) is 25.0 Å². The standard InChI is InChI=1S/C21H32N2O4/c1-6-26-17-11-9-16(10-12-17)15(2)22-18(24)21(13-7-8-14-21)23-19(25)27-20(3,4)5/h9-12,15H,6-8,13-14H2,1-5H3,(H,22,24)(H,23,25). The van der Waals surface area contributed by atoms with Crippen LogP contribution in [0.5, 0.6) is 5.75 Å². The number of carbonyl (C=O) groups is 2. The summed E-state index contributed by atoms with van der Waals surface area (Å²) in [5, 5.41) is 5.89. The van der Waals surface area contributed by atoms with Crippen molar-refractivity contribution in [2.45, 2.75) is 77.5 Å². The van der Waals surface area contributed by atoms with E-state index < -0.39 is 17.2 Å². The second-order valence-electron chi connectivity index (χ2n) is 8.11. The SMILES string of the molecule is CCOc1ccc(C(C)NC(=O)C2(NC(=O)OC(C)(C)C)CCCC2)cc1. The molecule has 1 aliphatic carbocycles. The minimum atomic E-state index is -0.901. The van der Waals surface area contributed by atoms with Gasteiger partial charge in [-0.3, -0.25) is 4.79 Å². The topological polar surface area (TPSA) is 76.7 Å². The molecule has 1 aromatic rings. The van der Waals surface area contributed by atoms with E-state index in [1.54, 1.807) is 0 Å². The first-order valence-electron chi connectivity index (χ1n) is 9.70. The maximum absolute atomic E-state index is 13.0. The molecule has 1 aliphatic rings. The third kappa shape index (κ3) is 5.88. The molecule has 27 heavy (non-hydrogen) atoms. The van der Waals surface area contributed by atoms with E-state index in [9.17, 15) is 9.59 Å². The van der Waals surface area contributed by atoms with E-state index in [1.165, 1.54) is 0 Å². The number of nitrogens with one attached hydrogen (secondary N) is 2. The molecule has 1 fully saturated rings. The van der Waals surface area contributed by atoms with Crippen LogP contribution in [0.1, 0.15) is 71.9 Å². The molecule has 150 valence electrons. The van der Waals surface area contributed by atoms with Crippen molar-refractivity contribution in [3.63, 3.8) is 0 Å². The van der Waals surface area contributed by atoms with Crippen molar-refractivity contribution < 1.29 is 19.1 Å². The molecule has 0 bridgehead atoms. The Bertz CT molecular complexity index is 643. The maximum Gasteiger partial charge on any atom is 0.408 e. The van der Waals surface area contributed by atoms with Gasteiger partial charge in [0.1, 0.15) is 16.9 Å². The Morgan fingerprint density at radius 2 is 1.74 bits per heavy atom. The van der Waals surface area contributed by atoms with E-state index >= 15 is 0 Å². The average Bonchev–Trinajstić information content (AvgIpc) is 3.03. The summed E-state index contributed by atoms with van der Waals surface area (Å²) in [7, 11) is 0. The highest BCUT2D eigenvalue weighted by Crippen LogP contribution is 2.31. The van der Waals surface area contributed by atoms with Crippen LogP contribution >= 0.6 is 0 Å². The van der Waals surface area contributed by atoms with Crippen molar-refractivity contribution in [1.82, 2.24) is 10.6 Å². The van der Waals surface area contributed by atoms with Gasteiger partial charge in [-0.2, -0.15) is 0 Å². The monoisotopic (exact) mass is 376 g/mol. The van der Waals surface area contributed by atoms with Crippen LogP contribution in [0.3, 0.4) is 0 Å². The molecular formula is C21H32N2O4. The third-order valence-corrected chi connectivity index (χ3v) is 4.67. The van der Waals surface area contributed by atoms with Crippen LogP contribution in [0.25, 0.3) is 0 Å². The first kappa shape index (κ1) is 21.1. The van der Waals surface area contributed by atoms with Gasteiger partial charge in [0, 0.05) is 0 Å². The smallest absolute Gasteiger partial charge is 0.408 e. The van der Waals surface area contributed by atoms with Crippen molar-refractivity contribution in [2.24, 2.45) is 0 Å². The molecule has 0 saturated heterocycles. The fourth-order valence-electron chi connectivity index (χ4n) is 3.32. The number of carbonyl (C=O) groups excluding carboxylic acids is 2. The summed E-state index contributed by atoms with van der Waals surface area (Å²) in [4.78, 5) is 25.3. The van der Waals surface area contributed by atoms with Gasteiger partial charge in [0.15, 0.2) is 0 Å². The van der Waals surface area contributed by atoms with Crippen LogP contribution < -0.4 is 15.4 Å². The highest BCUT2D eigenvalue weighted by Gasteiger charge is 2.43. The molecule has 1 saturated carbocycles. The van der Waals surface area contributed by atoms with Gasteiger partial charge in [0.25, 0.3) is 0 Å². The van der Waals surface area contributed by atoms with Crippen LogP contribution in [0, 0.1) is 0 Å². The van der Waals surface area contributed by atoms with E-state index in [2.05, 4.69) is 10.6 Å². The lowest BCUT2D eigenvalue weighted by atomic mass is 9.95. The zero-order chi connectivity index (χ0) is 20.1.